The molecule has 0 radical (unpaired) electrons. The highest BCUT2D eigenvalue weighted by Gasteiger charge is 2.23. The van der Waals surface area contributed by atoms with Crippen LogP contribution >= 0.6 is 0 Å². The molecule has 1 fully saturated rings. The van der Waals surface area contributed by atoms with Crippen LogP contribution in [0.1, 0.15) is 19.8 Å². The molecule has 1 amide bonds. The van der Waals surface area contributed by atoms with Crippen molar-refractivity contribution >= 4 is 16.7 Å². The SMILES string of the molecule is CCN1CCC[C@@H]1CNC(=O)Cn1ncc2ccc(OC)c(OC)c2c1=O. The van der Waals surface area contributed by atoms with E-state index in [9.17, 15) is 9.59 Å². The molecule has 1 aromatic carbocycles. The third-order valence-corrected chi connectivity index (χ3v) is 5.10. The van der Waals surface area contributed by atoms with Crippen LogP contribution in [0.2, 0.25) is 0 Å². The van der Waals surface area contributed by atoms with Crippen LogP contribution in [0.25, 0.3) is 10.8 Å². The summed E-state index contributed by atoms with van der Waals surface area (Å²) in [6, 6.07) is 3.83. The monoisotopic (exact) mass is 374 g/mol. The first-order valence-electron chi connectivity index (χ1n) is 9.20. The van der Waals surface area contributed by atoms with Gasteiger partial charge in [-0.1, -0.05) is 6.92 Å². The molecule has 0 bridgehead atoms. The van der Waals surface area contributed by atoms with Gasteiger partial charge in [0.25, 0.3) is 5.56 Å². The number of likely N-dealkylation sites (tertiary alicyclic amines) is 1. The van der Waals surface area contributed by atoms with Crippen molar-refractivity contribution in [3.05, 3.63) is 28.7 Å². The Morgan fingerprint density at radius 2 is 2.15 bits per heavy atom. The second-order valence-corrected chi connectivity index (χ2v) is 6.60. The van der Waals surface area contributed by atoms with Crippen molar-refractivity contribution < 1.29 is 14.3 Å². The average Bonchev–Trinajstić information content (AvgIpc) is 3.15. The lowest BCUT2D eigenvalue weighted by atomic mass is 10.1. The Bertz CT molecular complexity index is 880. The molecule has 0 saturated carbocycles. The van der Waals surface area contributed by atoms with Crippen LogP contribution in [0.5, 0.6) is 11.5 Å². The molecule has 1 aromatic heterocycles. The highest BCUT2D eigenvalue weighted by atomic mass is 16.5. The van der Waals surface area contributed by atoms with Crippen LogP contribution in [0, 0.1) is 0 Å². The number of fused-ring (bicyclic) bond motifs is 1. The summed E-state index contributed by atoms with van der Waals surface area (Å²) in [6.07, 6.45) is 3.79. The maximum Gasteiger partial charge on any atom is 0.279 e. The molecule has 146 valence electrons. The van der Waals surface area contributed by atoms with Gasteiger partial charge in [-0.3, -0.25) is 14.5 Å². The van der Waals surface area contributed by atoms with Crippen molar-refractivity contribution in [1.29, 1.82) is 0 Å². The number of nitrogens with one attached hydrogen (secondary N) is 1. The lowest BCUT2D eigenvalue weighted by Gasteiger charge is -2.22. The van der Waals surface area contributed by atoms with E-state index in [0.717, 1.165) is 30.6 Å². The summed E-state index contributed by atoms with van der Waals surface area (Å²) < 4.78 is 11.8. The molecule has 0 spiro atoms. The molecule has 1 atom stereocenters. The number of hydrogen-bond donors (Lipinski definition) is 1. The minimum absolute atomic E-state index is 0.131. The number of methoxy groups -OCH3 is 2. The standard InChI is InChI=1S/C19H26N4O4/c1-4-22-9-5-6-14(22)11-20-16(24)12-23-19(25)17-13(10-21-23)7-8-15(26-2)18(17)27-3/h7-8,10,14H,4-6,9,11-12H2,1-3H3,(H,20,24)/t14-/m1/s1. The molecule has 1 aliphatic rings. The summed E-state index contributed by atoms with van der Waals surface area (Å²) in [4.78, 5) is 27.6. The quantitative estimate of drug-likeness (QED) is 0.779. The molecule has 1 aliphatic heterocycles. The van der Waals surface area contributed by atoms with Crippen LogP contribution in [0.15, 0.2) is 23.1 Å². The average molecular weight is 374 g/mol. The fourth-order valence-corrected chi connectivity index (χ4v) is 3.66. The molecular formula is C19H26N4O4. The van der Waals surface area contributed by atoms with E-state index in [-0.39, 0.29) is 18.0 Å². The van der Waals surface area contributed by atoms with Crippen molar-refractivity contribution in [2.45, 2.75) is 32.4 Å². The summed E-state index contributed by atoms with van der Waals surface area (Å²) in [5.74, 6) is 0.583. The van der Waals surface area contributed by atoms with E-state index in [0.29, 0.717) is 34.9 Å². The lowest BCUT2D eigenvalue weighted by Crippen LogP contribution is -2.42. The lowest BCUT2D eigenvalue weighted by molar-refractivity contribution is -0.122. The molecule has 8 heteroatoms. The van der Waals surface area contributed by atoms with Crippen molar-refractivity contribution in [2.24, 2.45) is 0 Å². The predicted octanol–water partition coefficient (Wildman–Crippen LogP) is 1.01. The van der Waals surface area contributed by atoms with Crippen LogP contribution in [-0.2, 0) is 11.3 Å². The Balaban J connectivity index is 1.77. The van der Waals surface area contributed by atoms with Crippen LogP contribution < -0.4 is 20.3 Å². The molecule has 2 heterocycles. The van der Waals surface area contributed by atoms with E-state index >= 15 is 0 Å². The summed E-state index contributed by atoms with van der Waals surface area (Å²) in [5, 5.41) is 8.04. The van der Waals surface area contributed by atoms with Gasteiger partial charge in [0.1, 0.15) is 6.54 Å². The Morgan fingerprint density at radius 3 is 2.85 bits per heavy atom. The molecule has 1 saturated heterocycles. The fourth-order valence-electron chi connectivity index (χ4n) is 3.66. The van der Waals surface area contributed by atoms with E-state index in [1.165, 1.54) is 14.2 Å². The van der Waals surface area contributed by atoms with E-state index in [1.54, 1.807) is 18.3 Å². The Labute approximate surface area is 158 Å². The van der Waals surface area contributed by atoms with Crippen molar-refractivity contribution in [3.63, 3.8) is 0 Å². The van der Waals surface area contributed by atoms with Gasteiger partial charge in [0.15, 0.2) is 11.5 Å². The molecule has 2 aromatic rings. The van der Waals surface area contributed by atoms with Gasteiger partial charge in [-0.2, -0.15) is 5.10 Å². The van der Waals surface area contributed by atoms with Gasteiger partial charge in [-0.05, 0) is 38.1 Å². The number of likely N-dealkylation sites (N-methyl/N-ethyl adjacent to an activating group) is 1. The van der Waals surface area contributed by atoms with Crippen LogP contribution in [0.4, 0.5) is 0 Å². The van der Waals surface area contributed by atoms with Gasteiger partial charge < -0.3 is 14.8 Å². The largest absolute Gasteiger partial charge is 0.493 e. The third-order valence-electron chi connectivity index (χ3n) is 5.10. The molecule has 0 aliphatic carbocycles. The zero-order valence-corrected chi connectivity index (χ0v) is 16.0. The number of carbonyl (C=O) groups is 1. The second-order valence-electron chi connectivity index (χ2n) is 6.60. The molecule has 27 heavy (non-hydrogen) atoms. The maximum absolute atomic E-state index is 12.8. The van der Waals surface area contributed by atoms with Gasteiger partial charge in [0.2, 0.25) is 5.91 Å². The number of aromatic nitrogens is 2. The highest BCUT2D eigenvalue weighted by molar-refractivity contribution is 5.89. The normalized spacial score (nSPS) is 17.2. The van der Waals surface area contributed by atoms with Gasteiger partial charge in [0.05, 0.1) is 25.8 Å². The van der Waals surface area contributed by atoms with Crippen molar-refractivity contribution in [2.75, 3.05) is 33.9 Å². The zero-order chi connectivity index (χ0) is 19.4. The van der Waals surface area contributed by atoms with E-state index in [4.69, 9.17) is 9.47 Å². The first-order valence-corrected chi connectivity index (χ1v) is 9.20. The van der Waals surface area contributed by atoms with E-state index < -0.39 is 0 Å². The molecule has 3 rings (SSSR count). The number of amides is 1. The fraction of sp³-hybridized carbons (Fsp3) is 0.526. The molecule has 0 unspecified atom stereocenters. The number of carbonyl (C=O) groups excluding carboxylic acids is 1. The Morgan fingerprint density at radius 1 is 1.33 bits per heavy atom. The summed E-state index contributed by atoms with van der Waals surface area (Å²) >= 11 is 0. The smallest absolute Gasteiger partial charge is 0.279 e. The zero-order valence-electron chi connectivity index (χ0n) is 16.0. The molecule has 1 N–H and O–H groups in total. The molecule has 8 nitrogen and oxygen atoms in total. The topological polar surface area (TPSA) is 85.7 Å². The third kappa shape index (κ3) is 3.90. The summed E-state index contributed by atoms with van der Waals surface area (Å²) in [5.41, 5.74) is -0.380. The second kappa shape index (κ2) is 8.39. The first-order chi connectivity index (χ1) is 13.1. The van der Waals surface area contributed by atoms with E-state index in [1.807, 2.05) is 0 Å². The number of hydrogen-bond acceptors (Lipinski definition) is 6. The van der Waals surface area contributed by atoms with Crippen LogP contribution in [-0.4, -0.2) is 60.5 Å². The van der Waals surface area contributed by atoms with Gasteiger partial charge >= 0.3 is 0 Å². The number of rotatable bonds is 7. The highest BCUT2D eigenvalue weighted by Crippen LogP contribution is 2.32. The summed E-state index contributed by atoms with van der Waals surface area (Å²) in [6.45, 7) is 4.64. The Hall–Kier alpha value is -2.61. The van der Waals surface area contributed by atoms with Crippen LogP contribution in [0.3, 0.4) is 0 Å². The van der Waals surface area contributed by atoms with Gasteiger partial charge in [-0.15, -0.1) is 0 Å². The maximum atomic E-state index is 12.8. The minimum atomic E-state index is -0.380. The number of benzene rings is 1. The van der Waals surface area contributed by atoms with E-state index in [2.05, 4.69) is 22.2 Å². The minimum Gasteiger partial charge on any atom is -0.493 e. The molecular weight excluding hydrogens is 348 g/mol. The van der Waals surface area contributed by atoms with Crippen molar-refractivity contribution in [1.82, 2.24) is 20.0 Å². The van der Waals surface area contributed by atoms with Crippen molar-refractivity contribution in [3.8, 4) is 11.5 Å². The number of ether oxygens (including phenoxy) is 2. The predicted molar refractivity (Wildman–Crippen MR) is 102 cm³/mol. The Kier molecular flexibility index (Phi) is 5.95. The van der Waals surface area contributed by atoms with Gasteiger partial charge in [-0.25, -0.2) is 4.68 Å². The first kappa shape index (κ1) is 19.2. The van der Waals surface area contributed by atoms with Gasteiger partial charge in [0, 0.05) is 18.0 Å². The number of nitrogens with zero attached hydrogens (tertiary/aromatic N) is 3. The summed E-state index contributed by atoms with van der Waals surface area (Å²) in [7, 11) is 2.99.